The van der Waals surface area contributed by atoms with Crippen molar-refractivity contribution in [2.45, 2.75) is 123 Å². The summed E-state index contributed by atoms with van der Waals surface area (Å²) in [5.41, 5.74) is 1.06. The van der Waals surface area contributed by atoms with Gasteiger partial charge >= 0.3 is 11.9 Å². The lowest BCUT2D eigenvalue weighted by molar-refractivity contribution is -0.168. The summed E-state index contributed by atoms with van der Waals surface area (Å²) < 4.78 is 39.8. The first-order valence-corrected chi connectivity index (χ1v) is 14.1. The SMILES string of the molecule is C=C1/C(=C\C=C2/CCC[C@]3(C)[C@@H]([C@H](C)CCC(F)(F)C(C)(C)O)CC[C@@H]23)C[C@H](OC(C)=O)C[C@H]1OC(C)=O. The fourth-order valence-corrected chi connectivity index (χ4v) is 7.20. The van der Waals surface area contributed by atoms with Crippen LogP contribution in [0.5, 0.6) is 0 Å². The van der Waals surface area contributed by atoms with Gasteiger partial charge in [-0.25, -0.2) is 8.78 Å². The molecule has 0 saturated heterocycles. The molecule has 0 aliphatic heterocycles. The number of rotatable bonds is 8. The van der Waals surface area contributed by atoms with Crippen LogP contribution in [0.4, 0.5) is 8.78 Å². The van der Waals surface area contributed by atoms with Gasteiger partial charge in [-0.1, -0.05) is 38.2 Å². The maximum Gasteiger partial charge on any atom is 0.303 e. The summed E-state index contributed by atoms with van der Waals surface area (Å²) in [6.45, 7) is 13.7. The molecule has 3 aliphatic carbocycles. The van der Waals surface area contributed by atoms with Crippen molar-refractivity contribution in [3.8, 4) is 0 Å². The van der Waals surface area contributed by atoms with Crippen molar-refractivity contribution < 1.29 is 33.0 Å². The van der Waals surface area contributed by atoms with Gasteiger partial charge in [0.2, 0.25) is 0 Å². The predicted molar refractivity (Wildman–Crippen MR) is 143 cm³/mol. The van der Waals surface area contributed by atoms with Crippen molar-refractivity contribution in [1.82, 2.24) is 0 Å². The number of carbonyl (C=O) groups is 2. The second-order valence-electron chi connectivity index (χ2n) is 12.6. The van der Waals surface area contributed by atoms with Crippen LogP contribution in [-0.2, 0) is 19.1 Å². The van der Waals surface area contributed by atoms with Gasteiger partial charge in [0.1, 0.15) is 17.8 Å². The van der Waals surface area contributed by atoms with E-state index < -0.39 is 23.6 Å². The molecule has 0 aromatic rings. The molecule has 0 heterocycles. The normalized spacial score (nSPS) is 33.2. The molecule has 0 radical (unpaired) electrons. The number of ether oxygens (including phenoxy) is 2. The highest BCUT2D eigenvalue weighted by atomic mass is 19.3. The maximum atomic E-state index is 14.4. The molecule has 38 heavy (non-hydrogen) atoms. The Morgan fingerprint density at radius 3 is 2.45 bits per heavy atom. The lowest BCUT2D eigenvalue weighted by atomic mass is 9.60. The van der Waals surface area contributed by atoms with Crippen LogP contribution in [0.1, 0.15) is 99.3 Å². The third-order valence-electron chi connectivity index (χ3n) is 9.40. The number of fused-ring (bicyclic) bond motifs is 1. The number of hydrogen-bond donors (Lipinski definition) is 1. The Labute approximate surface area is 226 Å². The van der Waals surface area contributed by atoms with E-state index in [9.17, 15) is 23.5 Å². The van der Waals surface area contributed by atoms with Gasteiger partial charge in [-0.3, -0.25) is 9.59 Å². The highest BCUT2D eigenvalue weighted by Gasteiger charge is 2.52. The van der Waals surface area contributed by atoms with Crippen molar-refractivity contribution >= 4 is 11.9 Å². The van der Waals surface area contributed by atoms with E-state index in [0.29, 0.717) is 31.1 Å². The Bertz CT molecular complexity index is 975. The summed E-state index contributed by atoms with van der Waals surface area (Å²) in [5.74, 6) is -2.99. The Kier molecular flexibility index (Phi) is 9.33. The van der Waals surface area contributed by atoms with Gasteiger partial charge in [-0.2, -0.15) is 0 Å². The number of alkyl halides is 2. The molecule has 0 aromatic heterocycles. The monoisotopic (exact) mass is 536 g/mol. The minimum Gasteiger partial charge on any atom is -0.462 e. The van der Waals surface area contributed by atoms with Crippen LogP contribution in [0, 0.1) is 23.2 Å². The lowest BCUT2D eigenvalue weighted by Crippen LogP contribution is -2.43. The second kappa shape index (κ2) is 11.6. The van der Waals surface area contributed by atoms with Crippen molar-refractivity contribution in [2.24, 2.45) is 23.2 Å². The van der Waals surface area contributed by atoms with Crippen LogP contribution in [0.15, 0.2) is 35.5 Å². The quantitative estimate of drug-likeness (QED) is 0.335. The van der Waals surface area contributed by atoms with Crippen molar-refractivity contribution in [3.63, 3.8) is 0 Å². The second-order valence-corrected chi connectivity index (χ2v) is 12.6. The van der Waals surface area contributed by atoms with Crippen molar-refractivity contribution in [3.05, 3.63) is 35.5 Å². The smallest absolute Gasteiger partial charge is 0.303 e. The van der Waals surface area contributed by atoms with Crippen LogP contribution in [-0.4, -0.2) is 40.8 Å². The average molecular weight is 537 g/mol. The van der Waals surface area contributed by atoms with Gasteiger partial charge in [0, 0.05) is 33.1 Å². The number of allylic oxidation sites excluding steroid dienone is 3. The largest absolute Gasteiger partial charge is 0.462 e. The molecule has 0 bridgehead atoms. The molecule has 3 saturated carbocycles. The van der Waals surface area contributed by atoms with Gasteiger partial charge in [0.05, 0.1) is 0 Å². The van der Waals surface area contributed by atoms with Gasteiger partial charge in [0.15, 0.2) is 0 Å². The fraction of sp³-hybridized carbons (Fsp3) is 0.742. The average Bonchev–Trinajstić information content (AvgIpc) is 3.14. The van der Waals surface area contributed by atoms with Crippen LogP contribution >= 0.6 is 0 Å². The molecule has 0 unspecified atom stereocenters. The molecular weight excluding hydrogens is 490 g/mol. The van der Waals surface area contributed by atoms with Gasteiger partial charge in [-0.15, -0.1) is 0 Å². The van der Waals surface area contributed by atoms with E-state index in [2.05, 4.69) is 32.6 Å². The number of aliphatic hydroxyl groups is 1. The summed E-state index contributed by atoms with van der Waals surface area (Å²) in [6.07, 6.45) is 9.53. The number of carbonyl (C=O) groups excluding carboxylic acids is 2. The highest BCUT2D eigenvalue weighted by Crippen LogP contribution is 2.60. The van der Waals surface area contributed by atoms with E-state index in [1.807, 2.05) is 0 Å². The molecule has 3 rings (SSSR count). The fourth-order valence-electron chi connectivity index (χ4n) is 7.20. The van der Waals surface area contributed by atoms with E-state index in [1.165, 1.54) is 33.3 Å². The zero-order chi connectivity index (χ0) is 28.5. The summed E-state index contributed by atoms with van der Waals surface area (Å²) in [6, 6.07) is 0. The molecule has 3 aliphatic rings. The predicted octanol–water partition coefficient (Wildman–Crippen LogP) is 7.09. The molecule has 3 fully saturated rings. The molecule has 0 amide bonds. The molecule has 6 atom stereocenters. The van der Waals surface area contributed by atoms with Crippen LogP contribution in [0.3, 0.4) is 0 Å². The Balaban J connectivity index is 1.77. The highest BCUT2D eigenvalue weighted by molar-refractivity contribution is 5.67. The third kappa shape index (κ3) is 6.75. The van der Waals surface area contributed by atoms with E-state index in [0.717, 1.165) is 43.3 Å². The van der Waals surface area contributed by atoms with Gasteiger partial charge in [-0.05, 0) is 86.7 Å². The Hall–Kier alpha value is -2.02. The van der Waals surface area contributed by atoms with E-state index in [1.54, 1.807) is 0 Å². The number of hydrogen-bond acceptors (Lipinski definition) is 5. The zero-order valence-electron chi connectivity index (χ0n) is 23.9. The first-order valence-electron chi connectivity index (χ1n) is 14.1. The summed E-state index contributed by atoms with van der Waals surface area (Å²) >= 11 is 0. The minimum atomic E-state index is -3.11. The standard InChI is InChI=1S/C31H46F2O5/c1-19(14-16-31(32,33)29(5,6)36)26-12-13-27-23(9-8-15-30(26,27)7)10-11-24-17-25(37-21(3)34)18-28(20(24)2)38-22(4)35/h10-11,19,25-28,36H,2,8-9,12-18H2,1,3-7H3/b23-10+,24-11-/t19-,25+,26-,27+,28-,30-/m1/s1. The van der Waals surface area contributed by atoms with Crippen LogP contribution in [0.25, 0.3) is 0 Å². The number of esters is 2. The van der Waals surface area contributed by atoms with Crippen LogP contribution < -0.4 is 0 Å². The molecule has 0 aromatic carbocycles. The summed E-state index contributed by atoms with van der Waals surface area (Å²) in [5, 5.41) is 9.88. The van der Waals surface area contributed by atoms with Gasteiger partial charge < -0.3 is 14.6 Å². The molecule has 1 N–H and O–H groups in total. The lowest BCUT2D eigenvalue weighted by Gasteiger charge is -2.44. The van der Waals surface area contributed by atoms with Crippen molar-refractivity contribution in [1.29, 1.82) is 0 Å². The Morgan fingerprint density at radius 2 is 1.84 bits per heavy atom. The first-order chi connectivity index (χ1) is 17.5. The van der Waals surface area contributed by atoms with E-state index in [-0.39, 0.29) is 29.8 Å². The maximum absolute atomic E-state index is 14.4. The minimum absolute atomic E-state index is 0.0517. The van der Waals surface area contributed by atoms with Gasteiger partial charge in [0.25, 0.3) is 5.92 Å². The third-order valence-corrected chi connectivity index (χ3v) is 9.40. The van der Waals surface area contributed by atoms with Crippen LogP contribution in [0.2, 0.25) is 0 Å². The number of halogens is 2. The molecule has 7 heteroatoms. The first kappa shape index (κ1) is 30.5. The Morgan fingerprint density at radius 1 is 1.18 bits per heavy atom. The zero-order valence-corrected chi connectivity index (χ0v) is 23.9. The van der Waals surface area contributed by atoms with E-state index >= 15 is 0 Å². The molecular formula is C31H46F2O5. The van der Waals surface area contributed by atoms with E-state index in [4.69, 9.17) is 9.47 Å². The molecule has 214 valence electrons. The summed E-state index contributed by atoms with van der Waals surface area (Å²) in [4.78, 5) is 23.2. The molecule has 0 spiro atoms. The summed E-state index contributed by atoms with van der Waals surface area (Å²) in [7, 11) is 0. The topological polar surface area (TPSA) is 72.8 Å². The van der Waals surface area contributed by atoms with Crippen molar-refractivity contribution in [2.75, 3.05) is 0 Å². The molecule has 5 nitrogen and oxygen atoms in total.